The van der Waals surface area contributed by atoms with E-state index in [1.54, 1.807) is 22.8 Å². The number of amides is 1. The Labute approximate surface area is 252 Å². The van der Waals surface area contributed by atoms with Gasteiger partial charge < -0.3 is 19.5 Å². The number of halogens is 2. The fourth-order valence-corrected chi connectivity index (χ4v) is 6.19. The van der Waals surface area contributed by atoms with Gasteiger partial charge in [0.15, 0.2) is 11.5 Å². The second-order valence-electron chi connectivity index (χ2n) is 11.4. The van der Waals surface area contributed by atoms with Crippen molar-refractivity contribution in [2.45, 2.75) is 31.7 Å². The lowest BCUT2D eigenvalue weighted by molar-refractivity contribution is 0.0472. The molecule has 0 bridgehead atoms. The maximum Gasteiger partial charge on any atom is 0.257 e. The van der Waals surface area contributed by atoms with Gasteiger partial charge in [-0.3, -0.25) is 4.79 Å². The van der Waals surface area contributed by atoms with Gasteiger partial charge in [0.05, 0.1) is 23.9 Å². The van der Waals surface area contributed by atoms with Gasteiger partial charge in [0, 0.05) is 62.3 Å². The number of benzene rings is 1. The summed E-state index contributed by atoms with van der Waals surface area (Å²) in [7, 11) is 0. The van der Waals surface area contributed by atoms with Crippen molar-refractivity contribution in [3.8, 4) is 22.6 Å². The molecule has 6 heterocycles. The molecule has 5 aromatic rings. The summed E-state index contributed by atoms with van der Waals surface area (Å²) in [4.78, 5) is 28.0. The van der Waals surface area contributed by atoms with Crippen LogP contribution in [0.5, 0.6) is 0 Å². The number of imidazole rings is 2. The zero-order valence-corrected chi connectivity index (χ0v) is 24.1. The molecule has 10 nitrogen and oxygen atoms in total. The van der Waals surface area contributed by atoms with Crippen molar-refractivity contribution in [1.29, 1.82) is 0 Å². The molecule has 12 heteroatoms. The van der Waals surface area contributed by atoms with Gasteiger partial charge in [0.2, 0.25) is 5.95 Å². The Kier molecular flexibility index (Phi) is 7.84. The monoisotopic (exact) mass is 598 g/mol. The third-order valence-corrected chi connectivity index (χ3v) is 8.51. The first-order valence-electron chi connectivity index (χ1n) is 14.9. The maximum absolute atomic E-state index is 13.8. The predicted molar refractivity (Wildman–Crippen MR) is 160 cm³/mol. The van der Waals surface area contributed by atoms with E-state index in [1.165, 1.54) is 24.4 Å². The molecular weight excluding hydrogens is 566 g/mol. The van der Waals surface area contributed by atoms with Gasteiger partial charge in [-0.2, -0.15) is 9.49 Å². The molecule has 0 atom stereocenters. The molecule has 44 heavy (non-hydrogen) atoms. The molecular formula is C32H32F2N8O2. The number of carbonyl (C=O) groups is 1. The maximum atomic E-state index is 13.8. The summed E-state index contributed by atoms with van der Waals surface area (Å²) < 4.78 is 36.7. The van der Waals surface area contributed by atoms with Crippen LogP contribution >= 0.6 is 0 Å². The Balaban J connectivity index is 1.17. The van der Waals surface area contributed by atoms with Gasteiger partial charge in [-0.15, -0.1) is 0 Å². The molecule has 2 saturated heterocycles. The Morgan fingerprint density at radius 1 is 0.977 bits per heavy atom. The fraction of sp³-hybridized carbons (Fsp3) is 0.344. The molecule has 7 rings (SSSR count). The number of rotatable bonds is 7. The minimum Gasteiger partial charge on any atom is -0.381 e. The van der Waals surface area contributed by atoms with E-state index in [4.69, 9.17) is 14.8 Å². The van der Waals surface area contributed by atoms with Gasteiger partial charge in [0.1, 0.15) is 11.5 Å². The van der Waals surface area contributed by atoms with E-state index in [0.29, 0.717) is 17.3 Å². The lowest BCUT2D eigenvalue weighted by atomic mass is 9.97. The van der Waals surface area contributed by atoms with Crippen LogP contribution in [0.4, 0.5) is 14.6 Å². The topological polar surface area (TPSA) is 102 Å². The number of anilines is 1. The van der Waals surface area contributed by atoms with E-state index >= 15 is 0 Å². The smallest absolute Gasteiger partial charge is 0.257 e. The summed E-state index contributed by atoms with van der Waals surface area (Å²) in [6, 6.07) is 12.8. The lowest BCUT2D eigenvalue weighted by Crippen LogP contribution is -2.39. The highest BCUT2D eigenvalue weighted by Gasteiger charge is 2.27. The number of nitrogens with one attached hydrogen (secondary N) is 1. The molecule has 1 aromatic carbocycles. The third kappa shape index (κ3) is 5.95. The SMILES string of the molecule is O=C(Nc1cn2nc(-c3c(-c4ccc(F)cc4)ncn3C3CCN(CC4CCOCC4)CC3)ccc2n1)c1ccnc(F)c1. The number of pyridine rings is 1. The number of carbonyl (C=O) groups excluding carboxylic acids is 1. The number of aromatic nitrogens is 6. The van der Waals surface area contributed by atoms with Crippen molar-refractivity contribution in [1.82, 2.24) is 34.0 Å². The summed E-state index contributed by atoms with van der Waals surface area (Å²) in [6.45, 7) is 4.84. The highest BCUT2D eigenvalue weighted by molar-refractivity contribution is 6.03. The minimum atomic E-state index is -0.738. The van der Waals surface area contributed by atoms with Crippen molar-refractivity contribution in [3.05, 3.63) is 84.6 Å². The molecule has 2 aliphatic rings. The van der Waals surface area contributed by atoms with Crippen LogP contribution < -0.4 is 5.32 Å². The van der Waals surface area contributed by atoms with Crippen LogP contribution in [0.25, 0.3) is 28.3 Å². The molecule has 1 amide bonds. The van der Waals surface area contributed by atoms with Gasteiger partial charge >= 0.3 is 0 Å². The third-order valence-electron chi connectivity index (χ3n) is 8.51. The highest BCUT2D eigenvalue weighted by Crippen LogP contribution is 2.36. The van der Waals surface area contributed by atoms with Crippen LogP contribution in [0.2, 0.25) is 0 Å². The van der Waals surface area contributed by atoms with Crippen LogP contribution in [0.1, 0.15) is 42.1 Å². The molecule has 0 unspecified atom stereocenters. The predicted octanol–water partition coefficient (Wildman–Crippen LogP) is 5.25. The first kappa shape index (κ1) is 28.2. The zero-order chi connectivity index (χ0) is 30.0. The molecule has 2 aliphatic heterocycles. The molecule has 0 saturated carbocycles. The number of hydrogen-bond acceptors (Lipinski definition) is 7. The average molecular weight is 599 g/mol. The second kappa shape index (κ2) is 12.2. The standard InChI is InChI=1S/C32H32F2N8O2/c33-24-3-1-22(2-4-24)30-31(41(20-36-30)25-8-13-40(14-9-25)18-21-10-15-44-16-11-21)26-5-6-29-37-28(19-42(29)39-26)38-32(43)23-7-12-35-27(34)17-23/h1-7,12,17,19-21,25H,8-11,13-16,18H2,(H,38,43). The van der Waals surface area contributed by atoms with Crippen LogP contribution in [-0.4, -0.2) is 72.8 Å². The summed E-state index contributed by atoms with van der Waals surface area (Å²) >= 11 is 0. The summed E-state index contributed by atoms with van der Waals surface area (Å²) in [5, 5.41) is 7.56. The van der Waals surface area contributed by atoms with Crippen molar-refractivity contribution in [2.75, 3.05) is 38.2 Å². The number of fused-ring (bicyclic) bond motifs is 1. The van der Waals surface area contributed by atoms with E-state index in [-0.39, 0.29) is 23.2 Å². The fourth-order valence-electron chi connectivity index (χ4n) is 6.19. The first-order chi connectivity index (χ1) is 21.5. The van der Waals surface area contributed by atoms with E-state index in [2.05, 4.69) is 24.8 Å². The van der Waals surface area contributed by atoms with Crippen LogP contribution in [0.3, 0.4) is 0 Å². The van der Waals surface area contributed by atoms with E-state index in [0.717, 1.165) is 81.5 Å². The molecule has 0 aliphatic carbocycles. The Bertz CT molecular complexity index is 1770. The van der Waals surface area contributed by atoms with Gasteiger partial charge in [-0.1, -0.05) is 0 Å². The Morgan fingerprint density at radius 3 is 2.55 bits per heavy atom. The molecule has 0 radical (unpaired) electrons. The Hall–Kier alpha value is -4.55. The summed E-state index contributed by atoms with van der Waals surface area (Å²) in [6.07, 6.45) is 8.93. The van der Waals surface area contributed by atoms with E-state index < -0.39 is 11.9 Å². The average Bonchev–Trinajstić information content (AvgIpc) is 3.66. The number of nitrogens with zero attached hydrogens (tertiary/aromatic N) is 7. The molecule has 2 fully saturated rings. The van der Waals surface area contributed by atoms with Crippen LogP contribution in [0, 0.1) is 17.7 Å². The number of ether oxygens (including phenoxy) is 1. The lowest BCUT2D eigenvalue weighted by Gasteiger charge is -2.36. The largest absolute Gasteiger partial charge is 0.381 e. The molecule has 226 valence electrons. The number of likely N-dealkylation sites (tertiary alicyclic amines) is 1. The van der Waals surface area contributed by atoms with Gasteiger partial charge in [-0.05, 0) is 74.1 Å². The van der Waals surface area contributed by atoms with Crippen molar-refractivity contribution >= 4 is 17.4 Å². The number of piperidine rings is 1. The van der Waals surface area contributed by atoms with Crippen molar-refractivity contribution in [3.63, 3.8) is 0 Å². The van der Waals surface area contributed by atoms with Gasteiger partial charge in [0.25, 0.3) is 5.91 Å². The summed E-state index contributed by atoms with van der Waals surface area (Å²) in [5.41, 5.74) is 3.69. The van der Waals surface area contributed by atoms with Gasteiger partial charge in [-0.25, -0.2) is 23.9 Å². The zero-order valence-electron chi connectivity index (χ0n) is 24.1. The highest BCUT2D eigenvalue weighted by atomic mass is 19.1. The number of hydrogen-bond donors (Lipinski definition) is 1. The molecule has 4 aromatic heterocycles. The quantitative estimate of drug-likeness (QED) is 0.256. The van der Waals surface area contributed by atoms with E-state index in [9.17, 15) is 13.6 Å². The Morgan fingerprint density at radius 2 is 1.77 bits per heavy atom. The first-order valence-corrected chi connectivity index (χ1v) is 14.9. The minimum absolute atomic E-state index is 0.134. The van der Waals surface area contributed by atoms with Crippen LogP contribution in [0.15, 0.2) is 67.3 Å². The van der Waals surface area contributed by atoms with Crippen molar-refractivity contribution < 1.29 is 18.3 Å². The van der Waals surface area contributed by atoms with E-state index in [1.807, 2.05) is 18.5 Å². The normalized spacial score (nSPS) is 16.9. The second-order valence-corrected chi connectivity index (χ2v) is 11.4. The molecule has 0 spiro atoms. The van der Waals surface area contributed by atoms with Crippen molar-refractivity contribution in [2.24, 2.45) is 5.92 Å². The van der Waals surface area contributed by atoms with Crippen LogP contribution in [-0.2, 0) is 4.74 Å². The summed E-state index contributed by atoms with van der Waals surface area (Å²) in [5.74, 6) is -0.581. The molecule has 1 N–H and O–H groups in total.